The Bertz CT molecular complexity index is 829. The van der Waals surface area contributed by atoms with E-state index in [9.17, 15) is 19.5 Å². The van der Waals surface area contributed by atoms with Crippen LogP contribution in [-0.2, 0) is 14.4 Å². The second kappa shape index (κ2) is 10.00. The molecule has 0 aliphatic carbocycles. The number of aliphatic hydroxyl groups excluding tert-OH is 1. The zero-order valence-corrected chi connectivity index (χ0v) is 18.2. The van der Waals surface area contributed by atoms with Gasteiger partial charge in [0.2, 0.25) is 17.7 Å². The number of amides is 3. The number of carbonyl (C=O) groups is 3. The lowest BCUT2D eigenvalue weighted by Crippen LogP contribution is -2.51. The van der Waals surface area contributed by atoms with E-state index < -0.39 is 12.0 Å². The van der Waals surface area contributed by atoms with Crippen molar-refractivity contribution in [2.45, 2.75) is 45.7 Å². The maximum atomic E-state index is 12.7. The highest BCUT2D eigenvalue weighted by Crippen LogP contribution is 2.36. The van der Waals surface area contributed by atoms with Crippen molar-refractivity contribution >= 4 is 23.4 Å². The van der Waals surface area contributed by atoms with Gasteiger partial charge in [0.1, 0.15) is 19.3 Å². The molecule has 0 radical (unpaired) electrons. The van der Waals surface area contributed by atoms with Gasteiger partial charge >= 0.3 is 0 Å². The van der Waals surface area contributed by atoms with Gasteiger partial charge in [-0.15, -0.1) is 0 Å². The fraction of sp³-hybridized carbons (Fsp3) is 0.591. The van der Waals surface area contributed by atoms with Gasteiger partial charge in [0, 0.05) is 24.7 Å². The summed E-state index contributed by atoms with van der Waals surface area (Å²) in [5.41, 5.74) is 0.648. The molecule has 0 bridgehead atoms. The summed E-state index contributed by atoms with van der Waals surface area (Å²) >= 11 is 0. The molecule has 1 aromatic carbocycles. The lowest BCUT2D eigenvalue weighted by atomic mass is 9.99. The van der Waals surface area contributed by atoms with Crippen LogP contribution in [0.4, 0.5) is 5.69 Å². The quantitative estimate of drug-likeness (QED) is 0.559. The number of aliphatic hydroxyl groups is 1. The van der Waals surface area contributed by atoms with Gasteiger partial charge in [-0.25, -0.2) is 0 Å². The van der Waals surface area contributed by atoms with Gasteiger partial charge in [-0.1, -0.05) is 20.3 Å². The summed E-state index contributed by atoms with van der Waals surface area (Å²) in [6.45, 7) is 6.51. The molecule has 170 valence electrons. The number of hydrogen-bond acceptors (Lipinski definition) is 6. The van der Waals surface area contributed by atoms with E-state index in [1.54, 1.807) is 30.0 Å². The minimum atomic E-state index is -0.774. The Labute approximate surface area is 182 Å². The third kappa shape index (κ3) is 5.28. The van der Waals surface area contributed by atoms with Crippen molar-refractivity contribution in [2.75, 3.05) is 31.3 Å². The van der Waals surface area contributed by atoms with E-state index in [2.05, 4.69) is 10.6 Å². The van der Waals surface area contributed by atoms with E-state index in [0.717, 1.165) is 6.42 Å². The van der Waals surface area contributed by atoms with E-state index in [-0.39, 0.29) is 49.3 Å². The van der Waals surface area contributed by atoms with Crippen LogP contribution in [0.25, 0.3) is 0 Å². The first-order valence-corrected chi connectivity index (χ1v) is 10.8. The van der Waals surface area contributed by atoms with Gasteiger partial charge in [-0.3, -0.25) is 14.4 Å². The van der Waals surface area contributed by atoms with Crippen LogP contribution in [0.1, 0.15) is 33.6 Å². The SMILES string of the molecule is CCC(C)C(CO)NC(=O)C(C)NC(=O)C1CC(=O)N(c2ccc3c(c2)OCCO3)C1. The third-order valence-electron chi connectivity index (χ3n) is 5.94. The smallest absolute Gasteiger partial charge is 0.242 e. The van der Waals surface area contributed by atoms with Crippen LogP contribution in [0.3, 0.4) is 0 Å². The van der Waals surface area contributed by atoms with Crippen LogP contribution in [0.15, 0.2) is 18.2 Å². The van der Waals surface area contributed by atoms with Gasteiger partial charge < -0.3 is 30.1 Å². The molecule has 1 fully saturated rings. The highest BCUT2D eigenvalue weighted by atomic mass is 16.6. The molecule has 0 aromatic heterocycles. The van der Waals surface area contributed by atoms with Crippen molar-refractivity contribution in [3.8, 4) is 11.5 Å². The molecule has 4 atom stereocenters. The number of benzene rings is 1. The predicted octanol–water partition coefficient (Wildman–Crippen LogP) is 0.839. The van der Waals surface area contributed by atoms with Gasteiger partial charge in [-0.2, -0.15) is 0 Å². The van der Waals surface area contributed by atoms with Crippen LogP contribution >= 0.6 is 0 Å². The monoisotopic (exact) mass is 433 g/mol. The van der Waals surface area contributed by atoms with Crippen LogP contribution in [0.2, 0.25) is 0 Å². The lowest BCUT2D eigenvalue weighted by molar-refractivity contribution is -0.131. The molecule has 3 amide bonds. The number of anilines is 1. The van der Waals surface area contributed by atoms with Gasteiger partial charge in [0.15, 0.2) is 11.5 Å². The Hall–Kier alpha value is -2.81. The van der Waals surface area contributed by atoms with Gasteiger partial charge in [0.05, 0.1) is 18.6 Å². The van der Waals surface area contributed by atoms with Crippen LogP contribution in [0.5, 0.6) is 11.5 Å². The fourth-order valence-electron chi connectivity index (χ4n) is 3.69. The number of fused-ring (bicyclic) bond motifs is 1. The average molecular weight is 434 g/mol. The summed E-state index contributed by atoms with van der Waals surface area (Å²) in [6, 6.07) is 4.13. The minimum Gasteiger partial charge on any atom is -0.486 e. The van der Waals surface area contributed by atoms with E-state index >= 15 is 0 Å². The van der Waals surface area contributed by atoms with Crippen molar-refractivity contribution < 1.29 is 29.0 Å². The Kier molecular flexibility index (Phi) is 7.37. The summed E-state index contributed by atoms with van der Waals surface area (Å²) in [6.07, 6.45) is 0.882. The fourth-order valence-corrected chi connectivity index (χ4v) is 3.69. The molecular weight excluding hydrogens is 402 g/mol. The third-order valence-corrected chi connectivity index (χ3v) is 5.94. The van der Waals surface area contributed by atoms with Gasteiger partial charge in [0.25, 0.3) is 0 Å². The molecule has 1 aromatic rings. The molecule has 2 heterocycles. The van der Waals surface area contributed by atoms with Crippen LogP contribution < -0.4 is 25.0 Å². The standard InChI is InChI=1S/C22H31N3O6/c1-4-13(2)17(12-26)24-21(28)14(3)23-22(29)15-9-20(27)25(11-15)16-5-6-18-19(10-16)31-8-7-30-18/h5-6,10,13-15,17,26H,4,7-9,11-12H2,1-3H3,(H,23,29)(H,24,28). The first-order valence-electron chi connectivity index (χ1n) is 10.8. The van der Waals surface area contributed by atoms with Crippen molar-refractivity contribution in [3.05, 3.63) is 18.2 Å². The Morgan fingerprint density at radius 2 is 1.90 bits per heavy atom. The molecular formula is C22H31N3O6. The number of ether oxygens (including phenoxy) is 2. The molecule has 2 aliphatic rings. The Morgan fingerprint density at radius 1 is 1.19 bits per heavy atom. The minimum absolute atomic E-state index is 0.0702. The Balaban J connectivity index is 1.58. The second-order valence-corrected chi connectivity index (χ2v) is 8.15. The van der Waals surface area contributed by atoms with E-state index in [4.69, 9.17) is 9.47 Å². The molecule has 3 N–H and O–H groups in total. The van der Waals surface area contributed by atoms with Gasteiger partial charge in [-0.05, 0) is 25.0 Å². The van der Waals surface area contributed by atoms with Crippen LogP contribution in [-0.4, -0.2) is 61.3 Å². The summed E-state index contributed by atoms with van der Waals surface area (Å²) in [5.74, 6) is -0.0984. The van der Waals surface area contributed by atoms with E-state index in [1.807, 2.05) is 13.8 Å². The molecule has 1 saturated heterocycles. The maximum absolute atomic E-state index is 12.7. The zero-order chi connectivity index (χ0) is 22.5. The number of carbonyl (C=O) groups excluding carboxylic acids is 3. The zero-order valence-electron chi connectivity index (χ0n) is 18.2. The highest BCUT2D eigenvalue weighted by molar-refractivity contribution is 6.01. The number of hydrogen-bond donors (Lipinski definition) is 3. The highest BCUT2D eigenvalue weighted by Gasteiger charge is 2.36. The first-order chi connectivity index (χ1) is 14.8. The second-order valence-electron chi connectivity index (χ2n) is 8.15. The van der Waals surface area contributed by atoms with Crippen molar-refractivity contribution in [3.63, 3.8) is 0 Å². The normalized spacial score (nSPS) is 20.7. The first kappa shape index (κ1) is 22.9. The summed E-state index contributed by atoms with van der Waals surface area (Å²) < 4.78 is 11.1. The lowest BCUT2D eigenvalue weighted by Gasteiger charge is -2.25. The van der Waals surface area contributed by atoms with Crippen molar-refractivity contribution in [2.24, 2.45) is 11.8 Å². The topological polar surface area (TPSA) is 117 Å². The van der Waals surface area contributed by atoms with Crippen LogP contribution in [0, 0.1) is 11.8 Å². The van der Waals surface area contributed by atoms with E-state index in [1.165, 1.54) is 0 Å². The molecule has 0 spiro atoms. The summed E-state index contributed by atoms with van der Waals surface area (Å²) in [7, 11) is 0. The number of nitrogens with zero attached hydrogens (tertiary/aromatic N) is 1. The summed E-state index contributed by atoms with van der Waals surface area (Å²) in [5, 5.41) is 15.0. The largest absolute Gasteiger partial charge is 0.486 e. The summed E-state index contributed by atoms with van der Waals surface area (Å²) in [4.78, 5) is 39.2. The molecule has 3 rings (SSSR count). The number of nitrogens with one attached hydrogen (secondary N) is 2. The molecule has 31 heavy (non-hydrogen) atoms. The molecule has 9 nitrogen and oxygen atoms in total. The Morgan fingerprint density at radius 3 is 2.58 bits per heavy atom. The molecule has 9 heteroatoms. The predicted molar refractivity (Wildman–Crippen MR) is 114 cm³/mol. The van der Waals surface area contributed by atoms with Crippen molar-refractivity contribution in [1.82, 2.24) is 10.6 Å². The van der Waals surface area contributed by atoms with E-state index in [0.29, 0.717) is 30.4 Å². The molecule has 0 saturated carbocycles. The molecule has 4 unspecified atom stereocenters. The average Bonchev–Trinajstić information content (AvgIpc) is 3.18. The molecule has 2 aliphatic heterocycles. The van der Waals surface area contributed by atoms with Crippen molar-refractivity contribution in [1.29, 1.82) is 0 Å². The maximum Gasteiger partial charge on any atom is 0.242 e. The number of rotatable bonds is 8.